The van der Waals surface area contributed by atoms with Gasteiger partial charge in [0.25, 0.3) is 0 Å². The Morgan fingerprint density at radius 1 is 1.20 bits per heavy atom. The van der Waals surface area contributed by atoms with Crippen LogP contribution in [0.15, 0.2) is 55.1 Å². The number of hydrogen-bond acceptors (Lipinski definition) is 4. The quantitative estimate of drug-likeness (QED) is 0.700. The molecule has 7 heteroatoms. The van der Waals surface area contributed by atoms with Gasteiger partial charge in [0, 0.05) is 12.2 Å². The van der Waals surface area contributed by atoms with Crippen LogP contribution in [0.25, 0.3) is 0 Å². The Kier molecular flexibility index (Phi) is 6.22. The molecule has 160 valence electrons. The number of para-hydroxylation sites is 1. The van der Waals surface area contributed by atoms with Crippen molar-refractivity contribution in [1.29, 1.82) is 0 Å². The van der Waals surface area contributed by atoms with Crippen LogP contribution in [0.1, 0.15) is 30.9 Å². The summed E-state index contributed by atoms with van der Waals surface area (Å²) in [5, 5.41) is 2.77. The van der Waals surface area contributed by atoms with Crippen LogP contribution in [0.5, 0.6) is 5.75 Å². The summed E-state index contributed by atoms with van der Waals surface area (Å²) in [5.41, 5.74) is 2.93. The number of rotatable bonds is 6. The average Bonchev–Trinajstić information content (AvgIpc) is 2.70. The summed E-state index contributed by atoms with van der Waals surface area (Å²) in [4.78, 5) is 13.1. The summed E-state index contributed by atoms with van der Waals surface area (Å²) in [6.45, 7) is 9.64. The van der Waals surface area contributed by atoms with Gasteiger partial charge in [0.15, 0.2) is 4.75 Å². The highest BCUT2D eigenvalue weighted by molar-refractivity contribution is 7.95. The first-order valence-electron chi connectivity index (χ1n) is 9.94. The smallest absolute Gasteiger partial charge is 0.249 e. The molecule has 30 heavy (non-hydrogen) atoms. The molecule has 1 aliphatic heterocycles. The van der Waals surface area contributed by atoms with Crippen molar-refractivity contribution < 1.29 is 17.9 Å². The molecule has 2 aromatic carbocycles. The molecule has 3 rings (SSSR count). The molecule has 1 heterocycles. The van der Waals surface area contributed by atoms with Crippen molar-refractivity contribution in [3.8, 4) is 5.75 Å². The van der Waals surface area contributed by atoms with E-state index in [1.165, 1.54) is 11.2 Å². The number of aryl methyl sites for hydroxylation is 2. The van der Waals surface area contributed by atoms with Crippen LogP contribution in [0, 0.1) is 13.8 Å². The van der Waals surface area contributed by atoms with Crippen molar-refractivity contribution in [2.45, 2.75) is 38.4 Å². The van der Waals surface area contributed by atoms with E-state index in [2.05, 4.69) is 11.9 Å². The number of anilines is 2. The highest BCUT2D eigenvalue weighted by Gasteiger charge is 2.52. The van der Waals surface area contributed by atoms with Crippen molar-refractivity contribution in [1.82, 2.24) is 0 Å². The van der Waals surface area contributed by atoms with Gasteiger partial charge < -0.3 is 10.1 Å². The van der Waals surface area contributed by atoms with Crippen molar-refractivity contribution in [3.05, 3.63) is 66.2 Å². The lowest BCUT2D eigenvalue weighted by Gasteiger charge is -2.40. The molecule has 0 saturated carbocycles. The van der Waals surface area contributed by atoms with E-state index in [4.69, 9.17) is 4.74 Å². The minimum Gasteiger partial charge on any atom is -0.490 e. The Balaban J connectivity index is 1.87. The van der Waals surface area contributed by atoms with E-state index < -0.39 is 20.7 Å². The van der Waals surface area contributed by atoms with Crippen molar-refractivity contribution in [3.63, 3.8) is 0 Å². The number of sulfonamides is 1. The van der Waals surface area contributed by atoms with Crippen LogP contribution in [0.3, 0.4) is 0 Å². The maximum absolute atomic E-state index is 13.6. The monoisotopic (exact) mass is 428 g/mol. The second-order valence-corrected chi connectivity index (χ2v) is 10.0. The number of benzene rings is 2. The minimum absolute atomic E-state index is 0.267. The topological polar surface area (TPSA) is 75.7 Å². The molecule has 1 aliphatic rings. The molecule has 1 amide bonds. The van der Waals surface area contributed by atoms with Crippen LogP contribution < -0.4 is 14.4 Å². The van der Waals surface area contributed by atoms with Gasteiger partial charge in [-0.2, -0.15) is 0 Å². The fraction of sp³-hybridized carbons (Fsp3) is 0.348. The molecule has 1 fully saturated rings. The minimum atomic E-state index is -3.92. The SMILES string of the molecule is C=CCOc1ccc(NC(=O)[C@@]2(C)CCCN(c3c(C)cccc3C)S2(=O)=O)cc1. The van der Waals surface area contributed by atoms with Crippen molar-refractivity contribution in [2.75, 3.05) is 22.8 Å². The highest BCUT2D eigenvalue weighted by atomic mass is 32.2. The van der Waals surface area contributed by atoms with Crippen LogP contribution >= 0.6 is 0 Å². The molecule has 1 saturated heterocycles. The molecule has 0 spiro atoms. The summed E-state index contributed by atoms with van der Waals surface area (Å²) in [6.07, 6.45) is 2.51. The van der Waals surface area contributed by atoms with E-state index in [1.54, 1.807) is 30.3 Å². The second-order valence-electron chi connectivity index (χ2n) is 7.73. The van der Waals surface area contributed by atoms with E-state index in [1.807, 2.05) is 32.0 Å². The summed E-state index contributed by atoms with van der Waals surface area (Å²) < 4.78 is 32.4. The highest BCUT2D eigenvalue weighted by Crippen LogP contribution is 2.38. The van der Waals surface area contributed by atoms with Crippen LogP contribution in [-0.2, 0) is 14.8 Å². The summed E-state index contributed by atoms with van der Waals surface area (Å²) in [7, 11) is -3.92. The second kappa shape index (κ2) is 8.52. The molecular formula is C23H28N2O4S. The maximum Gasteiger partial charge on any atom is 0.249 e. The first-order valence-corrected chi connectivity index (χ1v) is 11.4. The Morgan fingerprint density at radius 2 is 1.83 bits per heavy atom. The first kappa shape index (κ1) is 21.9. The normalized spacial score (nSPS) is 20.4. The largest absolute Gasteiger partial charge is 0.490 e. The number of hydrogen-bond donors (Lipinski definition) is 1. The van der Waals surface area contributed by atoms with Crippen LogP contribution in [0.4, 0.5) is 11.4 Å². The fourth-order valence-electron chi connectivity index (χ4n) is 3.77. The fourth-order valence-corrected chi connectivity index (χ4v) is 5.84. The molecule has 0 unspecified atom stereocenters. The van der Waals surface area contributed by atoms with Gasteiger partial charge in [-0.15, -0.1) is 0 Å². The molecule has 0 bridgehead atoms. The summed E-state index contributed by atoms with van der Waals surface area (Å²) in [6, 6.07) is 12.5. The van der Waals surface area contributed by atoms with Gasteiger partial charge in [0.1, 0.15) is 12.4 Å². The number of nitrogens with zero attached hydrogens (tertiary/aromatic N) is 1. The van der Waals surface area contributed by atoms with E-state index >= 15 is 0 Å². The third kappa shape index (κ3) is 3.94. The van der Waals surface area contributed by atoms with Crippen molar-refractivity contribution in [2.24, 2.45) is 0 Å². The van der Waals surface area contributed by atoms with Crippen LogP contribution in [-0.4, -0.2) is 32.2 Å². The zero-order valence-electron chi connectivity index (χ0n) is 17.6. The number of ether oxygens (including phenoxy) is 1. The molecule has 1 atom stereocenters. The predicted molar refractivity (Wildman–Crippen MR) is 121 cm³/mol. The maximum atomic E-state index is 13.6. The Bertz CT molecular complexity index is 1030. The molecule has 0 aliphatic carbocycles. The van der Waals surface area contributed by atoms with Gasteiger partial charge in [-0.25, -0.2) is 8.42 Å². The lowest BCUT2D eigenvalue weighted by Crippen LogP contribution is -2.57. The zero-order chi connectivity index (χ0) is 21.9. The van der Waals surface area contributed by atoms with E-state index in [0.717, 1.165) is 11.1 Å². The third-order valence-electron chi connectivity index (χ3n) is 5.52. The van der Waals surface area contributed by atoms with Crippen LogP contribution in [0.2, 0.25) is 0 Å². The van der Waals surface area contributed by atoms with Gasteiger partial charge in [0.05, 0.1) is 5.69 Å². The van der Waals surface area contributed by atoms with Gasteiger partial charge in [0.2, 0.25) is 15.9 Å². The number of nitrogens with one attached hydrogen (secondary N) is 1. The Morgan fingerprint density at radius 3 is 2.43 bits per heavy atom. The first-order chi connectivity index (χ1) is 14.2. The van der Waals surface area contributed by atoms with E-state index in [-0.39, 0.29) is 6.42 Å². The molecular weight excluding hydrogens is 400 g/mol. The van der Waals surface area contributed by atoms with E-state index in [0.29, 0.717) is 36.7 Å². The van der Waals surface area contributed by atoms with Gasteiger partial charge in [-0.3, -0.25) is 9.10 Å². The lowest BCUT2D eigenvalue weighted by atomic mass is 10.0. The summed E-state index contributed by atoms with van der Waals surface area (Å²) >= 11 is 0. The Hall–Kier alpha value is -2.80. The Labute approximate surface area is 178 Å². The lowest BCUT2D eigenvalue weighted by molar-refractivity contribution is -0.118. The molecule has 1 N–H and O–H groups in total. The molecule has 6 nitrogen and oxygen atoms in total. The molecule has 0 radical (unpaired) electrons. The van der Waals surface area contributed by atoms with Gasteiger partial charge in [-0.05, 0) is 69.0 Å². The summed E-state index contributed by atoms with van der Waals surface area (Å²) in [5.74, 6) is 0.115. The van der Waals surface area contributed by atoms with Gasteiger partial charge >= 0.3 is 0 Å². The van der Waals surface area contributed by atoms with E-state index in [9.17, 15) is 13.2 Å². The molecule has 2 aromatic rings. The molecule has 0 aromatic heterocycles. The third-order valence-corrected chi connectivity index (χ3v) is 8.00. The number of carbonyl (C=O) groups excluding carboxylic acids is 1. The number of amides is 1. The van der Waals surface area contributed by atoms with Gasteiger partial charge in [-0.1, -0.05) is 30.9 Å². The average molecular weight is 429 g/mol. The predicted octanol–water partition coefficient (Wildman–Crippen LogP) is 4.20. The van der Waals surface area contributed by atoms with Crippen molar-refractivity contribution >= 4 is 27.3 Å². The zero-order valence-corrected chi connectivity index (χ0v) is 18.5. The number of carbonyl (C=O) groups is 1. The standard InChI is InChI=1S/C23H28N2O4S/c1-5-16-29-20-12-10-19(11-13-20)24-22(26)23(4)14-7-15-25(30(23,27)28)21-17(2)8-6-9-18(21)3/h5-6,8-13H,1,7,14-16H2,2-4H3,(H,24,26)/t23-/m1/s1.